The second-order valence-electron chi connectivity index (χ2n) is 6.97. The molecule has 1 atom stereocenters. The molecule has 0 saturated heterocycles. The molecule has 0 heteroatoms. The zero-order chi connectivity index (χ0) is 12.9. The Hall–Kier alpha value is 0. The quantitative estimate of drug-likeness (QED) is 0.528. The predicted octanol–water partition coefficient (Wildman–Crippen LogP) is 6.06. The minimum Gasteiger partial charge on any atom is -0.0649 e. The summed E-state index contributed by atoms with van der Waals surface area (Å²) in [6.07, 6.45) is 11.6. The van der Waals surface area contributed by atoms with Crippen LogP contribution in [0, 0.1) is 23.2 Å². The van der Waals surface area contributed by atoms with Crippen molar-refractivity contribution < 1.29 is 0 Å². The molecule has 1 aliphatic rings. The molecule has 102 valence electrons. The highest BCUT2D eigenvalue weighted by Crippen LogP contribution is 2.39. The summed E-state index contributed by atoms with van der Waals surface area (Å²) in [5.74, 6) is 2.95. The van der Waals surface area contributed by atoms with E-state index in [1.165, 1.54) is 51.4 Å². The molecule has 0 aromatic carbocycles. The van der Waals surface area contributed by atoms with Crippen molar-refractivity contribution in [1.29, 1.82) is 0 Å². The monoisotopic (exact) mass is 238 g/mol. The van der Waals surface area contributed by atoms with E-state index in [-0.39, 0.29) is 0 Å². The lowest BCUT2D eigenvalue weighted by molar-refractivity contribution is 0.156. The lowest BCUT2D eigenvalue weighted by Gasteiger charge is -2.35. The van der Waals surface area contributed by atoms with Gasteiger partial charge in [0, 0.05) is 0 Å². The molecule has 0 nitrogen and oxygen atoms in total. The van der Waals surface area contributed by atoms with Crippen LogP contribution < -0.4 is 0 Å². The van der Waals surface area contributed by atoms with Crippen LogP contribution in [0.4, 0.5) is 0 Å². The van der Waals surface area contributed by atoms with Gasteiger partial charge in [-0.2, -0.15) is 0 Å². The highest BCUT2D eigenvalue weighted by Gasteiger charge is 2.28. The molecule has 0 radical (unpaired) electrons. The van der Waals surface area contributed by atoms with Crippen molar-refractivity contribution in [2.45, 2.75) is 86.0 Å². The minimum atomic E-state index is 0.585. The first-order chi connectivity index (χ1) is 8.01. The summed E-state index contributed by atoms with van der Waals surface area (Å²) in [6, 6.07) is 0. The van der Waals surface area contributed by atoms with Gasteiger partial charge in [-0.15, -0.1) is 0 Å². The van der Waals surface area contributed by atoms with Crippen molar-refractivity contribution in [1.82, 2.24) is 0 Å². The molecular weight excluding hydrogens is 204 g/mol. The van der Waals surface area contributed by atoms with Crippen LogP contribution in [0.5, 0.6) is 0 Å². The summed E-state index contributed by atoms with van der Waals surface area (Å²) in [6.45, 7) is 12.1. The second-order valence-corrected chi connectivity index (χ2v) is 6.97. The van der Waals surface area contributed by atoms with Gasteiger partial charge < -0.3 is 0 Å². The maximum Gasteiger partial charge on any atom is -0.0305 e. The first kappa shape index (κ1) is 15.1. The largest absolute Gasteiger partial charge is 0.0649 e. The van der Waals surface area contributed by atoms with E-state index in [2.05, 4.69) is 34.6 Å². The number of hydrogen-bond donors (Lipinski definition) is 0. The lowest BCUT2D eigenvalue weighted by atomic mass is 9.70. The van der Waals surface area contributed by atoms with Crippen LogP contribution in [0.15, 0.2) is 0 Å². The van der Waals surface area contributed by atoms with Gasteiger partial charge in [-0.25, -0.2) is 0 Å². The summed E-state index contributed by atoms with van der Waals surface area (Å²) < 4.78 is 0. The maximum absolute atomic E-state index is 2.49. The third kappa shape index (κ3) is 4.30. The molecule has 0 amide bonds. The molecule has 0 heterocycles. The van der Waals surface area contributed by atoms with E-state index in [1.807, 2.05) is 0 Å². The molecule has 0 spiro atoms. The molecule has 0 aliphatic heterocycles. The molecular formula is C17H34. The fourth-order valence-electron chi connectivity index (χ4n) is 3.40. The first-order valence-electron chi connectivity index (χ1n) is 8.01. The summed E-state index contributed by atoms with van der Waals surface area (Å²) in [4.78, 5) is 0. The number of hydrogen-bond acceptors (Lipinski definition) is 0. The van der Waals surface area contributed by atoms with Crippen molar-refractivity contribution in [3.05, 3.63) is 0 Å². The summed E-state index contributed by atoms with van der Waals surface area (Å²) in [5.41, 5.74) is 0.585. The predicted molar refractivity (Wildman–Crippen MR) is 78.2 cm³/mol. The van der Waals surface area contributed by atoms with Gasteiger partial charge in [0.2, 0.25) is 0 Å². The SMILES string of the molecule is CCC(C)(CC)C(C)CCC1CCC(C)CC1. The van der Waals surface area contributed by atoms with Crippen molar-refractivity contribution in [3.63, 3.8) is 0 Å². The fourth-order valence-corrected chi connectivity index (χ4v) is 3.40. The standard InChI is InChI=1S/C17H34/c1-6-17(5,7-2)15(4)10-13-16-11-8-14(3)9-12-16/h14-16H,6-13H2,1-5H3. The van der Waals surface area contributed by atoms with Crippen molar-refractivity contribution in [2.75, 3.05) is 0 Å². The average molecular weight is 238 g/mol. The van der Waals surface area contributed by atoms with Gasteiger partial charge in [-0.05, 0) is 29.6 Å². The fraction of sp³-hybridized carbons (Fsp3) is 1.00. The van der Waals surface area contributed by atoms with E-state index in [9.17, 15) is 0 Å². The van der Waals surface area contributed by atoms with Gasteiger partial charge in [0.25, 0.3) is 0 Å². The van der Waals surface area contributed by atoms with E-state index in [0.29, 0.717) is 5.41 Å². The normalized spacial score (nSPS) is 28.1. The highest BCUT2D eigenvalue weighted by molar-refractivity contribution is 4.79. The van der Waals surface area contributed by atoms with Gasteiger partial charge in [0.05, 0.1) is 0 Å². The van der Waals surface area contributed by atoms with Crippen LogP contribution in [0.1, 0.15) is 86.0 Å². The molecule has 1 saturated carbocycles. The molecule has 1 unspecified atom stereocenters. The highest BCUT2D eigenvalue weighted by atomic mass is 14.3. The second kappa shape index (κ2) is 6.81. The molecule has 0 N–H and O–H groups in total. The Morgan fingerprint density at radius 1 is 1.06 bits per heavy atom. The molecule has 1 aliphatic carbocycles. The minimum absolute atomic E-state index is 0.585. The van der Waals surface area contributed by atoms with Crippen LogP contribution in [-0.4, -0.2) is 0 Å². The maximum atomic E-state index is 2.49. The Labute approximate surface area is 110 Å². The zero-order valence-corrected chi connectivity index (χ0v) is 12.9. The van der Waals surface area contributed by atoms with Gasteiger partial charge in [-0.1, -0.05) is 79.6 Å². The molecule has 0 aromatic rings. The average Bonchev–Trinajstić information content (AvgIpc) is 2.36. The van der Waals surface area contributed by atoms with E-state index in [1.54, 1.807) is 0 Å². The van der Waals surface area contributed by atoms with Gasteiger partial charge in [-0.3, -0.25) is 0 Å². The van der Waals surface area contributed by atoms with E-state index < -0.39 is 0 Å². The Bertz CT molecular complexity index is 194. The van der Waals surface area contributed by atoms with Crippen molar-refractivity contribution >= 4 is 0 Å². The topological polar surface area (TPSA) is 0 Å². The van der Waals surface area contributed by atoms with E-state index in [0.717, 1.165) is 17.8 Å². The van der Waals surface area contributed by atoms with Gasteiger partial charge in [0.15, 0.2) is 0 Å². The zero-order valence-electron chi connectivity index (χ0n) is 12.9. The molecule has 0 bridgehead atoms. The molecule has 17 heavy (non-hydrogen) atoms. The first-order valence-corrected chi connectivity index (χ1v) is 8.01. The van der Waals surface area contributed by atoms with Crippen LogP contribution in [0.25, 0.3) is 0 Å². The molecule has 0 aromatic heterocycles. The van der Waals surface area contributed by atoms with Crippen LogP contribution >= 0.6 is 0 Å². The summed E-state index contributed by atoms with van der Waals surface area (Å²) >= 11 is 0. The van der Waals surface area contributed by atoms with Gasteiger partial charge >= 0.3 is 0 Å². The molecule has 1 rings (SSSR count). The summed E-state index contributed by atoms with van der Waals surface area (Å²) in [7, 11) is 0. The Morgan fingerprint density at radius 2 is 1.59 bits per heavy atom. The molecule has 1 fully saturated rings. The van der Waals surface area contributed by atoms with Crippen LogP contribution in [0.2, 0.25) is 0 Å². The Balaban J connectivity index is 2.30. The van der Waals surface area contributed by atoms with Crippen molar-refractivity contribution in [3.8, 4) is 0 Å². The van der Waals surface area contributed by atoms with Crippen LogP contribution in [-0.2, 0) is 0 Å². The Kier molecular flexibility index (Phi) is 6.03. The third-order valence-corrected chi connectivity index (χ3v) is 5.95. The summed E-state index contributed by atoms with van der Waals surface area (Å²) in [5, 5.41) is 0. The van der Waals surface area contributed by atoms with E-state index in [4.69, 9.17) is 0 Å². The van der Waals surface area contributed by atoms with Crippen LogP contribution in [0.3, 0.4) is 0 Å². The van der Waals surface area contributed by atoms with Gasteiger partial charge in [0.1, 0.15) is 0 Å². The van der Waals surface area contributed by atoms with Crippen molar-refractivity contribution in [2.24, 2.45) is 23.2 Å². The lowest BCUT2D eigenvalue weighted by Crippen LogP contribution is -2.24. The smallest absolute Gasteiger partial charge is 0.0305 e. The third-order valence-electron chi connectivity index (χ3n) is 5.95. The van der Waals surface area contributed by atoms with E-state index >= 15 is 0 Å². The number of rotatable bonds is 6. The Morgan fingerprint density at radius 3 is 2.06 bits per heavy atom.